The van der Waals surface area contributed by atoms with Crippen LogP contribution < -0.4 is 0 Å². The third-order valence-electron chi connectivity index (χ3n) is 2.81. The lowest BCUT2D eigenvalue weighted by Crippen LogP contribution is -2.08. The Morgan fingerprint density at radius 1 is 0.900 bits per heavy atom. The minimum atomic E-state index is -1.02. The van der Waals surface area contributed by atoms with Gasteiger partial charge >= 0.3 is 5.97 Å². The summed E-state index contributed by atoms with van der Waals surface area (Å²) in [6.45, 7) is 0. The van der Waals surface area contributed by atoms with Crippen molar-refractivity contribution in [1.29, 1.82) is 0 Å². The Bertz CT molecular complexity index is 628. The Morgan fingerprint density at radius 2 is 1.45 bits per heavy atom. The van der Waals surface area contributed by atoms with Gasteiger partial charge in [0.15, 0.2) is 5.78 Å². The molecule has 2 rings (SSSR count). The van der Waals surface area contributed by atoms with Gasteiger partial charge in [-0.15, -0.1) is 0 Å². The predicted molar refractivity (Wildman–Crippen MR) is 77.4 cm³/mol. The minimum absolute atomic E-state index is 0.253. The first-order chi connectivity index (χ1) is 9.66. The quantitative estimate of drug-likeness (QED) is 0.666. The van der Waals surface area contributed by atoms with Crippen LogP contribution in [0.25, 0.3) is 6.08 Å². The largest absolute Gasteiger partial charge is 0.481 e. The molecule has 2 aromatic carbocycles. The molecule has 0 fully saturated rings. The van der Waals surface area contributed by atoms with Crippen molar-refractivity contribution >= 4 is 17.8 Å². The molecule has 3 heteroatoms. The first-order valence-electron chi connectivity index (χ1n) is 6.24. The molecular weight excluding hydrogens is 252 g/mol. The average molecular weight is 266 g/mol. The molecule has 0 atom stereocenters. The van der Waals surface area contributed by atoms with Crippen molar-refractivity contribution in [3.63, 3.8) is 0 Å². The molecule has 0 bridgehead atoms. The normalized spacial score (nSPS) is 11.1. The van der Waals surface area contributed by atoms with Crippen LogP contribution in [0.2, 0.25) is 0 Å². The van der Waals surface area contributed by atoms with E-state index in [9.17, 15) is 9.59 Å². The zero-order valence-corrected chi connectivity index (χ0v) is 10.8. The number of carbonyl (C=O) groups excluding carboxylic acids is 1. The van der Waals surface area contributed by atoms with Crippen molar-refractivity contribution in [3.8, 4) is 0 Å². The molecule has 20 heavy (non-hydrogen) atoms. The van der Waals surface area contributed by atoms with Crippen LogP contribution in [0.3, 0.4) is 0 Å². The van der Waals surface area contributed by atoms with E-state index in [1.54, 1.807) is 30.3 Å². The van der Waals surface area contributed by atoms with Crippen molar-refractivity contribution in [1.82, 2.24) is 0 Å². The van der Waals surface area contributed by atoms with Gasteiger partial charge in [-0.05, 0) is 11.6 Å². The molecule has 1 N–H and O–H groups in total. The number of hydrogen-bond acceptors (Lipinski definition) is 2. The van der Waals surface area contributed by atoms with Crippen LogP contribution in [0.1, 0.15) is 22.3 Å². The zero-order chi connectivity index (χ0) is 14.4. The topological polar surface area (TPSA) is 54.4 Å². The Labute approximate surface area is 117 Å². The fraction of sp³-hybridized carbons (Fsp3) is 0.0588. The van der Waals surface area contributed by atoms with Crippen molar-refractivity contribution in [2.75, 3.05) is 0 Å². The Morgan fingerprint density at radius 3 is 2.00 bits per heavy atom. The van der Waals surface area contributed by atoms with E-state index in [1.165, 1.54) is 0 Å². The monoisotopic (exact) mass is 266 g/mol. The van der Waals surface area contributed by atoms with Gasteiger partial charge in [-0.3, -0.25) is 9.59 Å². The number of benzene rings is 2. The van der Waals surface area contributed by atoms with Gasteiger partial charge in [0.25, 0.3) is 0 Å². The summed E-state index contributed by atoms with van der Waals surface area (Å²) < 4.78 is 0. The van der Waals surface area contributed by atoms with E-state index in [4.69, 9.17) is 5.11 Å². The van der Waals surface area contributed by atoms with Crippen LogP contribution in [-0.4, -0.2) is 16.9 Å². The Hall–Kier alpha value is -2.68. The smallest absolute Gasteiger partial charge is 0.307 e. The van der Waals surface area contributed by atoms with Gasteiger partial charge in [0.05, 0.1) is 6.42 Å². The SMILES string of the molecule is O=C(O)CC(=Cc1ccccc1)C(=O)c1ccccc1. The first-order valence-corrected chi connectivity index (χ1v) is 6.24. The van der Waals surface area contributed by atoms with Gasteiger partial charge in [0, 0.05) is 11.1 Å². The average Bonchev–Trinajstić information content (AvgIpc) is 2.47. The molecule has 0 aromatic heterocycles. The summed E-state index contributed by atoms with van der Waals surface area (Å²) in [6, 6.07) is 17.9. The van der Waals surface area contributed by atoms with Crippen molar-refractivity contribution in [2.24, 2.45) is 0 Å². The van der Waals surface area contributed by atoms with Crippen molar-refractivity contribution in [2.45, 2.75) is 6.42 Å². The second-order valence-corrected chi connectivity index (χ2v) is 4.35. The van der Waals surface area contributed by atoms with Crippen LogP contribution in [0.4, 0.5) is 0 Å². The zero-order valence-electron chi connectivity index (χ0n) is 10.8. The van der Waals surface area contributed by atoms with E-state index in [2.05, 4.69) is 0 Å². The highest BCUT2D eigenvalue weighted by Crippen LogP contribution is 2.16. The molecule has 0 saturated carbocycles. The number of rotatable bonds is 5. The van der Waals surface area contributed by atoms with E-state index in [0.29, 0.717) is 5.56 Å². The summed E-state index contributed by atoms with van der Waals surface area (Å²) in [4.78, 5) is 23.3. The summed E-state index contributed by atoms with van der Waals surface area (Å²) in [6.07, 6.45) is 1.34. The lowest BCUT2D eigenvalue weighted by atomic mass is 9.98. The number of ketones is 1. The Kier molecular flexibility index (Phi) is 4.45. The molecule has 100 valence electrons. The van der Waals surface area contributed by atoms with Crippen LogP contribution in [0.5, 0.6) is 0 Å². The summed E-state index contributed by atoms with van der Waals surface area (Å²) in [5.41, 5.74) is 1.58. The number of Topliss-reactive ketones (excluding diaryl/α,β-unsaturated/α-hetero) is 1. The third kappa shape index (κ3) is 3.65. The standard InChI is InChI=1S/C17H14O3/c18-16(19)12-15(11-13-7-3-1-4-8-13)17(20)14-9-5-2-6-10-14/h1-11H,12H2,(H,18,19). The summed E-state index contributed by atoms with van der Waals surface area (Å²) >= 11 is 0. The van der Waals surface area contributed by atoms with E-state index >= 15 is 0 Å². The molecule has 3 nitrogen and oxygen atoms in total. The molecule has 0 heterocycles. The lowest BCUT2D eigenvalue weighted by Gasteiger charge is -2.05. The van der Waals surface area contributed by atoms with Gasteiger partial charge in [0.1, 0.15) is 0 Å². The molecule has 2 aromatic rings. The number of aliphatic carboxylic acids is 1. The number of hydrogen-bond donors (Lipinski definition) is 1. The van der Waals surface area contributed by atoms with E-state index < -0.39 is 5.97 Å². The predicted octanol–water partition coefficient (Wildman–Crippen LogP) is 3.43. The molecule has 0 spiro atoms. The summed E-state index contributed by atoms with van der Waals surface area (Å²) in [7, 11) is 0. The highest BCUT2D eigenvalue weighted by molar-refractivity contribution is 6.13. The van der Waals surface area contributed by atoms with E-state index in [1.807, 2.05) is 36.4 Å². The fourth-order valence-electron chi connectivity index (χ4n) is 1.89. The van der Waals surface area contributed by atoms with Gasteiger partial charge in [-0.2, -0.15) is 0 Å². The maximum atomic E-state index is 12.4. The van der Waals surface area contributed by atoms with Crippen LogP contribution >= 0.6 is 0 Å². The summed E-state index contributed by atoms with van der Waals surface area (Å²) in [5.74, 6) is -1.27. The van der Waals surface area contributed by atoms with Crippen molar-refractivity contribution < 1.29 is 14.7 Å². The maximum absolute atomic E-state index is 12.4. The van der Waals surface area contributed by atoms with Gasteiger partial charge in [0.2, 0.25) is 0 Å². The number of carboxylic acids is 1. The molecule has 0 aliphatic rings. The van der Waals surface area contributed by atoms with Gasteiger partial charge in [-0.25, -0.2) is 0 Å². The Balaban J connectivity index is 2.36. The van der Waals surface area contributed by atoms with Crippen LogP contribution in [0.15, 0.2) is 66.2 Å². The molecule has 0 unspecified atom stereocenters. The first kappa shape index (κ1) is 13.7. The molecule has 0 aliphatic carbocycles. The molecule has 0 amide bonds. The van der Waals surface area contributed by atoms with E-state index in [-0.39, 0.29) is 17.8 Å². The molecule has 0 saturated heterocycles. The summed E-state index contributed by atoms with van der Waals surface area (Å²) in [5, 5.41) is 8.96. The van der Waals surface area contributed by atoms with Gasteiger partial charge in [-0.1, -0.05) is 60.7 Å². The molecule has 0 aliphatic heterocycles. The molecule has 0 radical (unpaired) electrons. The van der Waals surface area contributed by atoms with Gasteiger partial charge < -0.3 is 5.11 Å². The minimum Gasteiger partial charge on any atom is -0.481 e. The second kappa shape index (κ2) is 6.48. The second-order valence-electron chi connectivity index (χ2n) is 4.35. The highest BCUT2D eigenvalue weighted by Gasteiger charge is 2.15. The van der Waals surface area contributed by atoms with Crippen LogP contribution in [0, 0.1) is 0 Å². The van der Waals surface area contributed by atoms with E-state index in [0.717, 1.165) is 5.56 Å². The molecular formula is C17H14O3. The lowest BCUT2D eigenvalue weighted by molar-refractivity contribution is -0.136. The third-order valence-corrected chi connectivity index (χ3v) is 2.81. The number of carbonyl (C=O) groups is 2. The number of carboxylic acid groups (broad SMARTS) is 1. The fourth-order valence-corrected chi connectivity index (χ4v) is 1.89. The van der Waals surface area contributed by atoms with Crippen molar-refractivity contribution in [3.05, 3.63) is 77.4 Å². The van der Waals surface area contributed by atoms with Crippen LogP contribution in [-0.2, 0) is 4.79 Å². The highest BCUT2D eigenvalue weighted by atomic mass is 16.4. The maximum Gasteiger partial charge on any atom is 0.307 e.